The summed E-state index contributed by atoms with van der Waals surface area (Å²) >= 11 is 0. The second-order valence-corrected chi connectivity index (χ2v) is 11.6. The summed E-state index contributed by atoms with van der Waals surface area (Å²) in [5.74, 6) is 2.31. The van der Waals surface area contributed by atoms with Gasteiger partial charge in [-0.3, -0.25) is 4.52 Å². The lowest BCUT2D eigenvalue weighted by Gasteiger charge is -2.22. The lowest BCUT2D eigenvalue weighted by Crippen LogP contribution is -2.22. The highest BCUT2D eigenvalue weighted by Crippen LogP contribution is 2.60. The largest absolute Gasteiger partial charge is 0.492 e. The summed E-state index contributed by atoms with van der Waals surface area (Å²) in [7, 11) is -2.71. The summed E-state index contributed by atoms with van der Waals surface area (Å²) in [6.45, 7) is 10.4. The smallest absolute Gasteiger partial charge is 0.281 e. The fraction of sp³-hybridized carbons (Fsp3) is 0.571. The quantitative estimate of drug-likeness (QED) is 0.175. The van der Waals surface area contributed by atoms with Crippen molar-refractivity contribution in [2.45, 2.75) is 79.1 Å². The zero-order valence-electron chi connectivity index (χ0n) is 20.7. The van der Waals surface area contributed by atoms with Crippen molar-refractivity contribution in [2.75, 3.05) is 13.2 Å². The van der Waals surface area contributed by atoms with E-state index in [4.69, 9.17) is 13.6 Å². The van der Waals surface area contributed by atoms with Gasteiger partial charge in [0.15, 0.2) is 11.1 Å². The molecule has 0 bridgehead atoms. The average molecular weight is 460 g/mol. The van der Waals surface area contributed by atoms with Crippen LogP contribution in [0.2, 0.25) is 0 Å². The molecule has 0 heterocycles. The Balaban J connectivity index is 2.07. The third-order valence-corrected chi connectivity index (χ3v) is 7.84. The van der Waals surface area contributed by atoms with E-state index >= 15 is 0 Å². The van der Waals surface area contributed by atoms with Crippen LogP contribution in [-0.4, -0.2) is 13.2 Å². The van der Waals surface area contributed by atoms with Crippen molar-refractivity contribution < 1.29 is 13.6 Å². The number of rotatable bonds is 17. The van der Waals surface area contributed by atoms with E-state index in [2.05, 4.69) is 39.8 Å². The van der Waals surface area contributed by atoms with Gasteiger partial charge in [0.1, 0.15) is 0 Å². The van der Waals surface area contributed by atoms with E-state index in [1.807, 2.05) is 48.5 Å². The number of unbranched alkanes of at least 4 members (excludes halogenated alkanes) is 4. The first-order valence-corrected chi connectivity index (χ1v) is 14.0. The summed E-state index contributed by atoms with van der Waals surface area (Å²) < 4.78 is 19.6. The van der Waals surface area contributed by atoms with Gasteiger partial charge in [0.2, 0.25) is 0 Å². The van der Waals surface area contributed by atoms with Crippen LogP contribution in [0.15, 0.2) is 60.7 Å². The van der Waals surface area contributed by atoms with E-state index < -0.39 is 7.94 Å². The zero-order valence-corrected chi connectivity index (χ0v) is 21.6. The Morgan fingerprint density at radius 3 is 1.53 bits per heavy atom. The van der Waals surface area contributed by atoms with Crippen LogP contribution in [0, 0.1) is 11.8 Å². The molecule has 0 aliphatic heterocycles. The van der Waals surface area contributed by atoms with Crippen LogP contribution >= 0.6 is 7.94 Å². The lowest BCUT2D eigenvalue weighted by molar-refractivity contribution is 0.184. The van der Waals surface area contributed by atoms with Crippen molar-refractivity contribution in [1.29, 1.82) is 0 Å². The molecule has 2 aromatic rings. The summed E-state index contributed by atoms with van der Waals surface area (Å²) in [6.07, 6.45) is 9.43. The first-order chi connectivity index (χ1) is 15.5. The third-order valence-electron chi connectivity index (χ3n) is 5.42. The molecule has 0 unspecified atom stereocenters. The lowest BCUT2D eigenvalue weighted by atomic mass is 10.1. The Kier molecular flexibility index (Phi) is 12.9. The molecule has 3 nitrogen and oxygen atoms in total. The van der Waals surface area contributed by atoms with Crippen LogP contribution in [0.25, 0.3) is 0 Å². The molecule has 0 saturated carbocycles. The minimum Gasteiger partial charge on any atom is -0.281 e. The third kappa shape index (κ3) is 10.5. The second kappa shape index (κ2) is 15.4. The van der Waals surface area contributed by atoms with Crippen molar-refractivity contribution >= 4 is 13.2 Å². The van der Waals surface area contributed by atoms with Gasteiger partial charge in [0.05, 0.1) is 13.2 Å². The van der Waals surface area contributed by atoms with E-state index in [0.717, 1.165) is 35.7 Å². The Morgan fingerprint density at radius 2 is 1.06 bits per heavy atom. The molecule has 0 radical (unpaired) electrons. The fourth-order valence-corrected chi connectivity index (χ4v) is 5.81. The predicted octanol–water partition coefficient (Wildman–Crippen LogP) is 8.62. The Hall–Kier alpha value is -1.41. The molecule has 0 saturated heterocycles. The Morgan fingerprint density at radius 1 is 0.594 bits per heavy atom. The van der Waals surface area contributed by atoms with Crippen LogP contribution in [0.3, 0.4) is 0 Å². The molecule has 0 aliphatic carbocycles. The normalized spacial score (nSPS) is 11.9. The molecular formula is C28H44O3P+. The first kappa shape index (κ1) is 26.8. The van der Waals surface area contributed by atoms with Crippen LogP contribution in [-0.2, 0) is 9.05 Å². The SMILES string of the molecule is CC(C)CCCCCO[P+](OCCCCCC(C)C)(Oc1ccccc1)c1ccccc1. The average Bonchev–Trinajstić information content (AvgIpc) is 2.79. The van der Waals surface area contributed by atoms with Crippen LogP contribution in [0.1, 0.15) is 79.1 Å². The van der Waals surface area contributed by atoms with Gasteiger partial charge in [0, 0.05) is 0 Å². The van der Waals surface area contributed by atoms with E-state index in [0.29, 0.717) is 13.2 Å². The molecule has 0 aliphatic rings. The van der Waals surface area contributed by atoms with Crippen molar-refractivity contribution in [3.05, 3.63) is 60.7 Å². The van der Waals surface area contributed by atoms with Crippen molar-refractivity contribution in [3.63, 3.8) is 0 Å². The molecule has 32 heavy (non-hydrogen) atoms. The standard InChI is InChI=1S/C28H44O3P/c1-25(2)17-9-7-15-23-29-32(28-21-13-6-14-22-28,31-27-19-11-5-12-20-27)30-24-16-8-10-18-26(3)4/h5-6,11-14,19-22,25-26H,7-10,15-18,23-24H2,1-4H3/q+1. The van der Waals surface area contributed by atoms with Gasteiger partial charge in [0.25, 0.3) is 0 Å². The van der Waals surface area contributed by atoms with Gasteiger partial charge in [-0.2, -0.15) is 9.05 Å². The molecule has 0 atom stereocenters. The Bertz CT molecular complexity index is 683. The van der Waals surface area contributed by atoms with E-state index in [9.17, 15) is 0 Å². The van der Waals surface area contributed by atoms with Gasteiger partial charge in [-0.25, -0.2) is 0 Å². The monoisotopic (exact) mass is 459 g/mol. The molecule has 4 heteroatoms. The second-order valence-electron chi connectivity index (χ2n) is 9.39. The van der Waals surface area contributed by atoms with Crippen molar-refractivity contribution in [1.82, 2.24) is 0 Å². The molecule has 178 valence electrons. The number of para-hydroxylation sites is 1. The maximum atomic E-state index is 6.54. The van der Waals surface area contributed by atoms with Crippen LogP contribution in [0.5, 0.6) is 5.75 Å². The van der Waals surface area contributed by atoms with Gasteiger partial charge < -0.3 is 0 Å². The van der Waals surface area contributed by atoms with Gasteiger partial charge in [-0.05, 0) is 48.9 Å². The highest BCUT2D eigenvalue weighted by Gasteiger charge is 2.50. The number of benzene rings is 2. The fourth-order valence-electron chi connectivity index (χ4n) is 3.55. The topological polar surface area (TPSA) is 27.7 Å². The van der Waals surface area contributed by atoms with Crippen molar-refractivity contribution in [2.24, 2.45) is 11.8 Å². The Labute approximate surface area is 197 Å². The van der Waals surface area contributed by atoms with Gasteiger partial charge in [-0.1, -0.05) is 103 Å². The predicted molar refractivity (Wildman–Crippen MR) is 139 cm³/mol. The number of hydrogen-bond donors (Lipinski definition) is 0. The summed E-state index contributed by atoms with van der Waals surface area (Å²) in [4.78, 5) is 0. The maximum Gasteiger partial charge on any atom is 0.492 e. The summed E-state index contributed by atoms with van der Waals surface area (Å²) in [6, 6.07) is 20.2. The molecule has 0 aromatic heterocycles. The summed E-state index contributed by atoms with van der Waals surface area (Å²) in [5, 5.41) is 1.01. The molecular weight excluding hydrogens is 415 g/mol. The summed E-state index contributed by atoms with van der Waals surface area (Å²) in [5.41, 5.74) is 0. The molecule has 0 spiro atoms. The molecule has 0 fully saturated rings. The molecule has 2 rings (SSSR count). The molecule has 0 N–H and O–H groups in total. The van der Waals surface area contributed by atoms with Crippen molar-refractivity contribution in [3.8, 4) is 5.75 Å². The van der Waals surface area contributed by atoms with E-state index in [-0.39, 0.29) is 0 Å². The minimum atomic E-state index is -2.71. The highest BCUT2D eigenvalue weighted by molar-refractivity contribution is 7.69. The molecule has 2 aromatic carbocycles. The van der Waals surface area contributed by atoms with E-state index in [1.165, 1.54) is 38.5 Å². The van der Waals surface area contributed by atoms with Gasteiger partial charge >= 0.3 is 7.94 Å². The highest BCUT2D eigenvalue weighted by atomic mass is 31.2. The minimum absolute atomic E-state index is 0.654. The molecule has 0 amide bonds. The zero-order chi connectivity index (χ0) is 23.1. The van der Waals surface area contributed by atoms with Crippen LogP contribution in [0.4, 0.5) is 0 Å². The first-order valence-electron chi connectivity index (χ1n) is 12.5. The number of hydrogen-bond acceptors (Lipinski definition) is 3. The van der Waals surface area contributed by atoms with Crippen LogP contribution < -0.4 is 9.83 Å². The maximum absolute atomic E-state index is 6.54. The van der Waals surface area contributed by atoms with Gasteiger partial charge in [-0.15, -0.1) is 0 Å². The van der Waals surface area contributed by atoms with E-state index in [1.54, 1.807) is 0 Å².